The Labute approximate surface area is 214 Å². The standard InChI is InChI=1S/C28H26F3N3O2Si/c1-33(2)15-7-9-17-20(13-15)37(5,6)21-14-16(34(3)4)8-10-18(21)22(17)23-24(28(35)36)27(31)26(30)19(11-12-32)25(23)29/h7-10,13-14H,11H2,1-6H3/p+1. The van der Waals surface area contributed by atoms with E-state index in [1.165, 1.54) is 0 Å². The summed E-state index contributed by atoms with van der Waals surface area (Å²) in [6.07, 6.45) is 4.87. The van der Waals surface area contributed by atoms with Gasteiger partial charge in [0.15, 0.2) is 17.3 Å². The molecule has 4 rings (SSSR count). The summed E-state index contributed by atoms with van der Waals surface area (Å²) in [5.41, 5.74) is 0.719. The molecule has 1 N–H and O–H groups in total. The molecule has 0 saturated carbocycles. The van der Waals surface area contributed by atoms with E-state index in [0.29, 0.717) is 11.1 Å². The third-order valence-electron chi connectivity index (χ3n) is 7.06. The summed E-state index contributed by atoms with van der Waals surface area (Å²) in [6, 6.07) is 7.27. The fraction of sp³-hybridized carbons (Fsp3) is 0.250. The van der Waals surface area contributed by atoms with Gasteiger partial charge in [0.05, 0.1) is 12.5 Å². The van der Waals surface area contributed by atoms with Crippen LogP contribution in [0.2, 0.25) is 13.1 Å². The molecule has 190 valence electrons. The van der Waals surface area contributed by atoms with Gasteiger partial charge in [-0.25, -0.2) is 22.5 Å². The van der Waals surface area contributed by atoms with Gasteiger partial charge in [0.2, 0.25) is 0 Å². The Morgan fingerprint density at radius 2 is 1.78 bits per heavy atom. The maximum absolute atomic E-state index is 16.1. The number of nitrogens with zero attached hydrogens (tertiary/aromatic N) is 3. The van der Waals surface area contributed by atoms with Crippen LogP contribution in [0.25, 0.3) is 5.57 Å². The third-order valence-corrected chi connectivity index (χ3v) is 10.6. The Morgan fingerprint density at radius 3 is 2.35 bits per heavy atom. The molecule has 0 unspecified atom stereocenters. The predicted molar refractivity (Wildman–Crippen MR) is 141 cm³/mol. The van der Waals surface area contributed by atoms with Crippen LogP contribution in [0.4, 0.5) is 18.9 Å². The first kappa shape index (κ1) is 26.2. The van der Waals surface area contributed by atoms with Gasteiger partial charge in [0.25, 0.3) is 0 Å². The summed E-state index contributed by atoms with van der Waals surface area (Å²) in [4.78, 5) is 14.2. The van der Waals surface area contributed by atoms with Crippen molar-refractivity contribution in [1.29, 1.82) is 5.26 Å². The van der Waals surface area contributed by atoms with Gasteiger partial charge in [-0.2, -0.15) is 5.26 Å². The number of aromatic carboxylic acids is 1. The van der Waals surface area contributed by atoms with E-state index in [4.69, 9.17) is 5.26 Å². The molecule has 1 aliphatic heterocycles. The van der Waals surface area contributed by atoms with Gasteiger partial charge >= 0.3 is 5.97 Å². The van der Waals surface area contributed by atoms with Crippen molar-refractivity contribution in [2.45, 2.75) is 19.5 Å². The minimum atomic E-state index is -2.44. The molecule has 1 heterocycles. The van der Waals surface area contributed by atoms with Gasteiger partial charge in [-0.05, 0) is 45.3 Å². The average molecular weight is 523 g/mol. The minimum Gasteiger partial charge on any atom is -0.478 e. The molecule has 0 bridgehead atoms. The molecule has 37 heavy (non-hydrogen) atoms. The van der Waals surface area contributed by atoms with E-state index >= 15 is 8.78 Å². The van der Waals surface area contributed by atoms with Crippen LogP contribution >= 0.6 is 0 Å². The smallest absolute Gasteiger partial charge is 0.339 e. The highest BCUT2D eigenvalue weighted by molar-refractivity contribution is 6.98. The average Bonchev–Trinajstić information content (AvgIpc) is 2.84. The number of benzene rings is 2. The largest absolute Gasteiger partial charge is 0.478 e. The minimum absolute atomic E-state index is 0.181. The van der Waals surface area contributed by atoms with E-state index in [2.05, 4.69) is 13.1 Å². The number of carboxylic acid groups (broad SMARTS) is 1. The Morgan fingerprint density at radius 1 is 1.11 bits per heavy atom. The number of fused-ring (bicyclic) bond motifs is 2. The zero-order valence-electron chi connectivity index (χ0n) is 21.5. The number of allylic oxidation sites excluding steroid dienone is 5. The fourth-order valence-corrected chi connectivity index (χ4v) is 8.10. The number of nitriles is 1. The Hall–Kier alpha value is -3.90. The predicted octanol–water partition coefficient (Wildman–Crippen LogP) is 4.41. The number of carbonyl (C=O) groups is 1. The molecule has 5 nitrogen and oxygen atoms in total. The van der Waals surface area contributed by atoms with E-state index in [-0.39, 0.29) is 5.57 Å². The van der Waals surface area contributed by atoms with Crippen LogP contribution in [0.5, 0.6) is 0 Å². The third kappa shape index (κ3) is 4.01. The molecule has 0 saturated heterocycles. The van der Waals surface area contributed by atoms with Crippen LogP contribution in [-0.4, -0.2) is 57.6 Å². The van der Waals surface area contributed by atoms with Crippen LogP contribution in [0.1, 0.15) is 27.0 Å². The molecule has 2 aromatic rings. The Kier molecular flexibility index (Phi) is 6.50. The van der Waals surface area contributed by atoms with Crippen LogP contribution in [-0.2, 0) is 6.42 Å². The monoisotopic (exact) mass is 522 g/mol. The number of anilines is 1. The van der Waals surface area contributed by atoms with Gasteiger partial charge in [-0.15, -0.1) is 0 Å². The number of hydrogen-bond donors (Lipinski definition) is 1. The van der Waals surface area contributed by atoms with Gasteiger partial charge in [-0.3, -0.25) is 0 Å². The van der Waals surface area contributed by atoms with Gasteiger partial charge < -0.3 is 10.0 Å². The highest BCUT2D eigenvalue weighted by Crippen LogP contribution is 2.44. The van der Waals surface area contributed by atoms with E-state index < -0.39 is 54.6 Å². The fourth-order valence-electron chi connectivity index (χ4n) is 5.03. The summed E-state index contributed by atoms with van der Waals surface area (Å²) in [7, 11) is 5.15. The highest BCUT2D eigenvalue weighted by atomic mass is 28.3. The first-order valence-corrected chi connectivity index (χ1v) is 14.6. The number of carboxylic acids is 1. The zero-order valence-corrected chi connectivity index (χ0v) is 22.5. The van der Waals surface area contributed by atoms with Crippen molar-refractivity contribution in [3.8, 4) is 6.07 Å². The number of rotatable bonds is 4. The van der Waals surface area contributed by atoms with Crippen molar-refractivity contribution in [3.63, 3.8) is 0 Å². The van der Waals surface area contributed by atoms with Crippen LogP contribution in [0.15, 0.2) is 47.2 Å². The van der Waals surface area contributed by atoms with Gasteiger partial charge in [0.1, 0.15) is 33.5 Å². The molecule has 2 aromatic carbocycles. The molecular formula is C28H27F3N3O2Si+. The highest BCUT2D eigenvalue weighted by Gasteiger charge is 2.43. The van der Waals surface area contributed by atoms with Crippen LogP contribution in [0, 0.1) is 28.8 Å². The topological polar surface area (TPSA) is 67.3 Å². The molecule has 0 fully saturated rings. The molecule has 0 aromatic heterocycles. The molecule has 2 aliphatic rings. The SMILES string of the molecule is CN(C)c1ccc2c(c1)[Si](C)(C)C1=CC(=[N+](C)C)C=CC1=C2c1c(F)c(CC#N)c(F)c(F)c1C(=O)O. The molecule has 0 atom stereocenters. The van der Waals surface area contributed by atoms with Gasteiger partial charge in [0, 0.05) is 43.1 Å². The summed E-state index contributed by atoms with van der Waals surface area (Å²) >= 11 is 0. The summed E-state index contributed by atoms with van der Waals surface area (Å²) in [5.74, 6) is -6.36. The quantitative estimate of drug-likeness (QED) is 0.367. The molecular weight excluding hydrogens is 495 g/mol. The van der Waals surface area contributed by atoms with Crippen molar-refractivity contribution >= 4 is 36.2 Å². The van der Waals surface area contributed by atoms with Crippen molar-refractivity contribution < 1.29 is 27.6 Å². The van der Waals surface area contributed by atoms with Crippen molar-refractivity contribution in [2.24, 2.45) is 0 Å². The molecule has 9 heteroatoms. The molecule has 1 aliphatic carbocycles. The maximum Gasteiger partial charge on any atom is 0.339 e. The Balaban J connectivity index is 2.25. The molecule has 0 radical (unpaired) electrons. The van der Waals surface area contributed by atoms with E-state index in [1.807, 2.05) is 62.0 Å². The van der Waals surface area contributed by atoms with Gasteiger partial charge in [-0.1, -0.05) is 19.2 Å². The summed E-state index contributed by atoms with van der Waals surface area (Å²) in [6.45, 7) is 4.31. The molecule has 0 spiro atoms. The van der Waals surface area contributed by atoms with E-state index in [1.54, 1.807) is 18.2 Å². The van der Waals surface area contributed by atoms with Crippen molar-refractivity contribution in [1.82, 2.24) is 0 Å². The van der Waals surface area contributed by atoms with E-state index in [9.17, 15) is 14.3 Å². The summed E-state index contributed by atoms with van der Waals surface area (Å²) in [5, 5.41) is 20.9. The number of hydrogen-bond acceptors (Lipinski definition) is 3. The number of halogens is 3. The van der Waals surface area contributed by atoms with Crippen molar-refractivity contribution in [2.75, 3.05) is 33.1 Å². The van der Waals surface area contributed by atoms with Crippen LogP contribution < -0.4 is 10.1 Å². The van der Waals surface area contributed by atoms with E-state index in [0.717, 1.165) is 21.8 Å². The second-order valence-electron chi connectivity index (χ2n) is 10.1. The lowest BCUT2D eigenvalue weighted by molar-refractivity contribution is -0.462. The van der Waals surface area contributed by atoms with Crippen LogP contribution in [0.3, 0.4) is 0 Å². The first-order valence-electron chi connectivity index (χ1n) is 11.6. The zero-order chi connectivity index (χ0) is 27.4. The second-order valence-corrected chi connectivity index (χ2v) is 14.4. The lowest BCUT2D eigenvalue weighted by Crippen LogP contribution is -2.50. The lowest BCUT2D eigenvalue weighted by Gasteiger charge is -2.38. The molecule has 0 amide bonds. The summed E-state index contributed by atoms with van der Waals surface area (Å²) < 4.78 is 48.0. The Bertz CT molecular complexity index is 1540. The lowest BCUT2D eigenvalue weighted by atomic mass is 9.85. The van der Waals surface area contributed by atoms with Crippen molar-refractivity contribution in [3.05, 3.63) is 86.9 Å². The normalized spacial score (nSPS) is 15.6. The second kappa shape index (κ2) is 9.20. The first-order chi connectivity index (χ1) is 17.3. The maximum atomic E-state index is 16.1.